The van der Waals surface area contributed by atoms with E-state index < -0.39 is 5.60 Å². The summed E-state index contributed by atoms with van der Waals surface area (Å²) < 4.78 is 6.56. The predicted octanol–water partition coefficient (Wildman–Crippen LogP) is 2.46. The Morgan fingerprint density at radius 2 is 1.64 bits per heavy atom. The second kappa shape index (κ2) is 8.84. The summed E-state index contributed by atoms with van der Waals surface area (Å²) >= 11 is 2.27. The topological polar surface area (TPSA) is 61.9 Å². The number of piperazine rings is 1. The van der Waals surface area contributed by atoms with Crippen molar-refractivity contribution in [1.29, 1.82) is 0 Å². The molecule has 1 saturated heterocycles. The van der Waals surface area contributed by atoms with Crippen LogP contribution in [0.1, 0.15) is 26.3 Å². The number of hydrogen-bond acceptors (Lipinski definition) is 4. The first-order valence-corrected chi connectivity index (χ1v) is 9.53. The van der Waals surface area contributed by atoms with Gasteiger partial charge in [-0.05, 0) is 61.1 Å². The molecule has 0 saturated carbocycles. The van der Waals surface area contributed by atoms with Crippen LogP contribution in [0.15, 0.2) is 24.3 Å². The summed E-state index contributed by atoms with van der Waals surface area (Å²) in [6, 6.07) is 8.21. The Morgan fingerprint density at radius 3 is 2.20 bits per heavy atom. The number of carbonyl (C=O) groups excluding carboxylic acids is 2. The Hall–Kier alpha value is -1.35. The van der Waals surface area contributed by atoms with Crippen molar-refractivity contribution in [1.82, 2.24) is 15.1 Å². The number of halogens is 1. The zero-order valence-corrected chi connectivity index (χ0v) is 17.2. The van der Waals surface area contributed by atoms with Crippen molar-refractivity contribution in [3.05, 3.63) is 33.4 Å². The number of benzene rings is 1. The number of nitrogens with one attached hydrogen (secondary N) is 1. The molecule has 1 N–H and O–H groups in total. The monoisotopic (exact) mass is 459 g/mol. The van der Waals surface area contributed by atoms with Gasteiger partial charge in [0.1, 0.15) is 5.60 Å². The summed E-state index contributed by atoms with van der Waals surface area (Å²) in [6.45, 7) is 8.64. The van der Waals surface area contributed by atoms with Gasteiger partial charge >= 0.3 is 6.09 Å². The Morgan fingerprint density at radius 1 is 1.08 bits per heavy atom. The molecule has 1 fully saturated rings. The van der Waals surface area contributed by atoms with E-state index in [4.69, 9.17) is 4.74 Å². The van der Waals surface area contributed by atoms with Gasteiger partial charge in [-0.15, -0.1) is 0 Å². The van der Waals surface area contributed by atoms with Crippen molar-refractivity contribution in [3.63, 3.8) is 0 Å². The average Bonchev–Trinajstić information content (AvgIpc) is 2.55. The van der Waals surface area contributed by atoms with Gasteiger partial charge in [0, 0.05) is 36.3 Å². The Labute approximate surface area is 163 Å². The maximum absolute atomic E-state index is 12.3. The van der Waals surface area contributed by atoms with E-state index in [1.54, 1.807) is 9.80 Å². The van der Waals surface area contributed by atoms with E-state index >= 15 is 0 Å². The minimum absolute atomic E-state index is 0.0642. The van der Waals surface area contributed by atoms with Crippen LogP contribution in [0.2, 0.25) is 0 Å². The van der Waals surface area contributed by atoms with E-state index in [1.807, 2.05) is 20.8 Å². The number of ether oxygens (including phenoxy) is 1. The van der Waals surface area contributed by atoms with Crippen LogP contribution in [0.4, 0.5) is 4.79 Å². The number of carbonyl (C=O) groups is 2. The van der Waals surface area contributed by atoms with E-state index in [0.717, 1.165) is 5.56 Å². The molecule has 1 aliphatic rings. The van der Waals surface area contributed by atoms with E-state index in [0.29, 0.717) is 39.3 Å². The van der Waals surface area contributed by atoms with Gasteiger partial charge < -0.3 is 19.9 Å². The van der Waals surface area contributed by atoms with Crippen LogP contribution in [0, 0.1) is 3.57 Å². The van der Waals surface area contributed by atoms with Crippen LogP contribution < -0.4 is 5.32 Å². The molecule has 138 valence electrons. The molecular formula is C18H26IN3O3. The number of hydrogen-bond donors (Lipinski definition) is 1. The second-order valence-corrected chi connectivity index (χ2v) is 8.32. The summed E-state index contributed by atoms with van der Waals surface area (Å²) in [5.41, 5.74) is 0.659. The van der Waals surface area contributed by atoms with Crippen molar-refractivity contribution in [2.45, 2.75) is 32.9 Å². The second-order valence-electron chi connectivity index (χ2n) is 7.08. The molecule has 0 spiro atoms. The molecule has 2 rings (SSSR count). The normalized spacial score (nSPS) is 15.2. The van der Waals surface area contributed by atoms with Gasteiger partial charge in [0.2, 0.25) is 5.91 Å². The molecule has 1 aromatic rings. The van der Waals surface area contributed by atoms with E-state index in [9.17, 15) is 9.59 Å². The first-order chi connectivity index (χ1) is 11.7. The van der Waals surface area contributed by atoms with Crippen LogP contribution in [0.5, 0.6) is 0 Å². The van der Waals surface area contributed by atoms with Crippen molar-refractivity contribution < 1.29 is 14.3 Å². The van der Waals surface area contributed by atoms with Crippen molar-refractivity contribution in [2.24, 2.45) is 0 Å². The molecule has 1 aromatic carbocycles. The van der Waals surface area contributed by atoms with Gasteiger partial charge in [0.15, 0.2) is 0 Å². The molecular weight excluding hydrogens is 433 g/mol. The maximum Gasteiger partial charge on any atom is 0.410 e. The highest BCUT2D eigenvalue weighted by atomic mass is 127. The molecule has 6 nitrogen and oxygen atoms in total. The van der Waals surface area contributed by atoms with Gasteiger partial charge in [0.25, 0.3) is 0 Å². The van der Waals surface area contributed by atoms with Gasteiger partial charge in [-0.2, -0.15) is 0 Å². The molecule has 25 heavy (non-hydrogen) atoms. The predicted molar refractivity (Wildman–Crippen MR) is 105 cm³/mol. The first-order valence-electron chi connectivity index (χ1n) is 8.45. The van der Waals surface area contributed by atoms with Crippen LogP contribution in [-0.4, -0.2) is 60.1 Å². The fraction of sp³-hybridized carbons (Fsp3) is 0.556. The largest absolute Gasteiger partial charge is 0.444 e. The number of amides is 2. The number of rotatable bonds is 4. The van der Waals surface area contributed by atoms with Crippen LogP contribution >= 0.6 is 22.6 Å². The quantitative estimate of drug-likeness (QED) is 0.703. The summed E-state index contributed by atoms with van der Waals surface area (Å²) in [5, 5.41) is 3.18. The third-order valence-electron chi connectivity index (χ3n) is 3.80. The summed E-state index contributed by atoms with van der Waals surface area (Å²) in [4.78, 5) is 27.8. The lowest BCUT2D eigenvalue weighted by Gasteiger charge is -2.35. The van der Waals surface area contributed by atoms with Crippen LogP contribution in [0.25, 0.3) is 0 Å². The van der Waals surface area contributed by atoms with Crippen molar-refractivity contribution in [3.8, 4) is 0 Å². The standard InChI is InChI=1S/C18H26IN3O3/c1-18(2,3)25-17(24)22-10-8-21(9-11-22)16(23)13-20-12-14-4-6-15(19)7-5-14/h4-7,20H,8-13H2,1-3H3. The third kappa shape index (κ3) is 6.81. The maximum atomic E-state index is 12.3. The highest BCUT2D eigenvalue weighted by molar-refractivity contribution is 14.1. The van der Waals surface area contributed by atoms with Crippen molar-refractivity contribution in [2.75, 3.05) is 32.7 Å². The first kappa shape index (κ1) is 20.0. The van der Waals surface area contributed by atoms with Gasteiger partial charge in [-0.25, -0.2) is 4.79 Å². The van der Waals surface area contributed by atoms with Crippen LogP contribution in [-0.2, 0) is 16.1 Å². The highest BCUT2D eigenvalue weighted by Gasteiger charge is 2.27. The molecule has 0 unspecified atom stereocenters. The summed E-state index contributed by atoms with van der Waals surface area (Å²) in [5.74, 6) is 0.0642. The van der Waals surface area contributed by atoms with E-state index in [-0.39, 0.29) is 12.0 Å². The lowest BCUT2D eigenvalue weighted by Crippen LogP contribution is -2.53. The minimum Gasteiger partial charge on any atom is -0.444 e. The Balaban J connectivity index is 1.70. The average molecular weight is 459 g/mol. The van der Waals surface area contributed by atoms with E-state index in [1.165, 1.54) is 3.57 Å². The molecule has 0 atom stereocenters. The molecule has 0 bridgehead atoms. The van der Waals surface area contributed by atoms with Crippen molar-refractivity contribution >= 4 is 34.6 Å². The molecule has 0 radical (unpaired) electrons. The molecule has 1 aliphatic heterocycles. The van der Waals surface area contributed by atoms with Gasteiger partial charge in [-0.3, -0.25) is 4.79 Å². The molecule has 0 aliphatic carbocycles. The Bertz CT molecular complexity index is 591. The minimum atomic E-state index is -0.497. The zero-order chi connectivity index (χ0) is 18.4. The summed E-state index contributed by atoms with van der Waals surface area (Å²) in [6.07, 6.45) is -0.309. The highest BCUT2D eigenvalue weighted by Crippen LogP contribution is 2.12. The molecule has 2 amide bonds. The van der Waals surface area contributed by atoms with Gasteiger partial charge in [-0.1, -0.05) is 12.1 Å². The lowest BCUT2D eigenvalue weighted by molar-refractivity contribution is -0.132. The molecule has 0 aromatic heterocycles. The fourth-order valence-corrected chi connectivity index (χ4v) is 2.85. The zero-order valence-electron chi connectivity index (χ0n) is 15.0. The SMILES string of the molecule is CC(C)(C)OC(=O)N1CCN(C(=O)CNCc2ccc(I)cc2)CC1. The number of nitrogens with zero attached hydrogens (tertiary/aromatic N) is 2. The van der Waals surface area contributed by atoms with E-state index in [2.05, 4.69) is 52.2 Å². The fourth-order valence-electron chi connectivity index (χ4n) is 2.49. The molecule has 1 heterocycles. The Kier molecular flexibility index (Phi) is 7.06. The lowest BCUT2D eigenvalue weighted by atomic mass is 10.2. The van der Waals surface area contributed by atoms with Gasteiger partial charge in [0.05, 0.1) is 6.54 Å². The third-order valence-corrected chi connectivity index (χ3v) is 4.52. The van der Waals surface area contributed by atoms with Crippen LogP contribution in [0.3, 0.4) is 0 Å². The molecule has 7 heteroatoms. The smallest absolute Gasteiger partial charge is 0.410 e. The summed E-state index contributed by atoms with van der Waals surface area (Å²) in [7, 11) is 0.